The number of Topliss-reactive ketones (excluding diaryl/α,β-unsaturated/α-hetero) is 1. The third-order valence-corrected chi connectivity index (χ3v) is 15.1. The van der Waals surface area contributed by atoms with Gasteiger partial charge in [-0.2, -0.15) is 0 Å². The Morgan fingerprint density at radius 3 is 1.23 bits per heavy atom. The summed E-state index contributed by atoms with van der Waals surface area (Å²) in [5.41, 5.74) is 8.92. The van der Waals surface area contributed by atoms with Crippen molar-refractivity contribution in [2.45, 2.75) is 136 Å². The van der Waals surface area contributed by atoms with Gasteiger partial charge in [-0.1, -0.05) is 43.3 Å². The van der Waals surface area contributed by atoms with E-state index in [1.807, 2.05) is 34.6 Å². The van der Waals surface area contributed by atoms with E-state index < -0.39 is 59.5 Å². The van der Waals surface area contributed by atoms with Crippen LogP contribution in [0.3, 0.4) is 0 Å². The van der Waals surface area contributed by atoms with Crippen molar-refractivity contribution in [2.75, 3.05) is 80.2 Å². The van der Waals surface area contributed by atoms with Crippen molar-refractivity contribution < 1.29 is 70.9 Å². The maximum Gasteiger partial charge on any atom is 0.292 e. The number of hydrogen-bond acceptors (Lipinski definition) is 15. The number of aliphatic hydroxyl groups is 3. The molecule has 5 aromatic rings. The number of likely N-dealkylation sites (tertiary alicyclic amines) is 3. The number of nitrogens with one attached hydrogen (secondary N) is 1. The lowest BCUT2D eigenvalue weighted by molar-refractivity contribution is -0.118. The third kappa shape index (κ3) is 19.5. The molecular formula is C66H89F4N5O11. The standard InChI is InChI=1S/C31H34F2N2O5.C18H28FNO3.C17H27FN2O3/c1-19(2)40-30-25(33)16-23(17-27(30)39-3)28(36)26(18-35-14-4-5-15-35)34-31(38)29(37)22-8-6-20(7-9-22)21-10-12-24(32)13-11-21;1-12(2)23-18-15(19)9-14(10-16(18)22-4)17(21)13(3)11-20-7-5-6-8-20;1-11(2)23-17-13(18)8-12(9-15(17)22-3)16(21)14(19)10-20-6-4-5-7-20/h6-13,16-17,19,26,28,36H,4-5,14-15,18H2,1-3H3,(H,34,38);9-10,12-13,17,21H,5-8,11H2,1-4H3;8-9,11,14,16,21H,4-7,10,19H2,1-3H3/t26-,28-;13-,17+;14-,16-/m111/s1. The molecule has 0 radical (unpaired) electrons. The van der Waals surface area contributed by atoms with Crippen LogP contribution >= 0.6 is 0 Å². The summed E-state index contributed by atoms with van der Waals surface area (Å²) in [6.45, 7) is 20.2. The fourth-order valence-corrected chi connectivity index (χ4v) is 10.7. The van der Waals surface area contributed by atoms with Crippen molar-refractivity contribution in [3.05, 3.63) is 130 Å². The smallest absolute Gasteiger partial charge is 0.292 e. The zero-order chi connectivity index (χ0) is 62.8. The second kappa shape index (κ2) is 33.0. The molecule has 0 bridgehead atoms. The Kier molecular flexibility index (Phi) is 26.3. The summed E-state index contributed by atoms with van der Waals surface area (Å²) in [6.07, 6.45) is 3.10. The molecule has 16 nitrogen and oxygen atoms in total. The lowest BCUT2D eigenvalue weighted by atomic mass is 9.96. The van der Waals surface area contributed by atoms with Crippen molar-refractivity contribution in [1.29, 1.82) is 0 Å². The van der Waals surface area contributed by atoms with Gasteiger partial charge < -0.3 is 69.5 Å². The predicted molar refractivity (Wildman–Crippen MR) is 323 cm³/mol. The fraction of sp³-hybridized carbons (Fsp3) is 0.515. The number of ether oxygens (including phenoxy) is 6. The number of carbonyl (C=O) groups is 2. The molecule has 0 unspecified atom stereocenters. The first-order valence-electron chi connectivity index (χ1n) is 29.8. The van der Waals surface area contributed by atoms with Gasteiger partial charge in [-0.05, 0) is 202 Å². The monoisotopic (exact) mass is 1200 g/mol. The van der Waals surface area contributed by atoms with Crippen LogP contribution in [0.2, 0.25) is 0 Å². The van der Waals surface area contributed by atoms with Crippen molar-refractivity contribution >= 4 is 11.7 Å². The zero-order valence-electron chi connectivity index (χ0n) is 51.4. The Morgan fingerprint density at radius 1 is 0.500 bits per heavy atom. The zero-order valence-corrected chi connectivity index (χ0v) is 51.4. The first-order chi connectivity index (χ1) is 41.0. The average Bonchev–Trinajstić information content (AvgIpc) is 2.97. The minimum Gasteiger partial charge on any atom is -0.493 e. The van der Waals surface area contributed by atoms with Gasteiger partial charge in [0.15, 0.2) is 51.9 Å². The number of carbonyl (C=O) groups excluding carboxylic acids is 2. The number of nitrogens with zero attached hydrogens (tertiary/aromatic N) is 3. The second-order valence-electron chi connectivity index (χ2n) is 23.1. The number of amides is 1. The van der Waals surface area contributed by atoms with Gasteiger partial charge in [0, 0.05) is 31.2 Å². The van der Waals surface area contributed by atoms with E-state index in [0.29, 0.717) is 23.4 Å². The van der Waals surface area contributed by atoms with Gasteiger partial charge in [0.05, 0.1) is 57.9 Å². The lowest BCUT2D eigenvalue weighted by Crippen LogP contribution is -2.48. The Morgan fingerprint density at radius 2 is 0.849 bits per heavy atom. The first-order valence-corrected chi connectivity index (χ1v) is 29.8. The molecule has 0 aliphatic carbocycles. The highest BCUT2D eigenvalue weighted by molar-refractivity contribution is 6.42. The van der Waals surface area contributed by atoms with Gasteiger partial charge in [-0.25, -0.2) is 17.6 Å². The topological polar surface area (TPSA) is 198 Å². The molecule has 3 aliphatic heterocycles. The van der Waals surface area contributed by atoms with E-state index in [1.165, 1.54) is 76.6 Å². The normalized spacial score (nSPS) is 16.8. The van der Waals surface area contributed by atoms with Crippen LogP contribution in [0.25, 0.3) is 11.1 Å². The molecule has 3 fully saturated rings. The molecule has 0 spiro atoms. The molecule has 5 aromatic carbocycles. The Hall–Kier alpha value is -6.52. The number of nitrogens with two attached hydrogens (primary N) is 1. The quantitative estimate of drug-likeness (QED) is 0.0210. The van der Waals surface area contributed by atoms with Crippen LogP contribution in [0.1, 0.15) is 132 Å². The number of methoxy groups -OCH3 is 3. The maximum absolute atomic E-state index is 15.0. The highest BCUT2D eigenvalue weighted by atomic mass is 19.1. The van der Waals surface area contributed by atoms with E-state index in [-0.39, 0.29) is 76.5 Å². The van der Waals surface area contributed by atoms with E-state index in [1.54, 1.807) is 50.2 Å². The summed E-state index contributed by atoms with van der Waals surface area (Å²) in [7, 11) is 4.30. The number of halogens is 4. The lowest BCUT2D eigenvalue weighted by Gasteiger charge is -2.29. The second-order valence-corrected chi connectivity index (χ2v) is 23.1. The van der Waals surface area contributed by atoms with Crippen molar-refractivity contribution in [1.82, 2.24) is 20.0 Å². The van der Waals surface area contributed by atoms with Crippen molar-refractivity contribution in [2.24, 2.45) is 11.7 Å². The van der Waals surface area contributed by atoms with Gasteiger partial charge in [-0.15, -0.1) is 0 Å². The molecule has 86 heavy (non-hydrogen) atoms. The summed E-state index contributed by atoms with van der Waals surface area (Å²) in [4.78, 5) is 32.7. The Balaban J connectivity index is 0.000000221. The number of rotatable bonds is 25. The van der Waals surface area contributed by atoms with Crippen molar-refractivity contribution in [3.8, 4) is 45.6 Å². The molecule has 20 heteroatoms. The van der Waals surface area contributed by atoms with Crippen LogP contribution in [0.4, 0.5) is 17.6 Å². The largest absolute Gasteiger partial charge is 0.493 e. The van der Waals surface area contributed by atoms with Gasteiger partial charge >= 0.3 is 0 Å². The molecule has 472 valence electrons. The average molecular weight is 1200 g/mol. The third-order valence-electron chi connectivity index (χ3n) is 15.1. The minimum absolute atomic E-state index is 0.0223. The molecule has 6 atom stereocenters. The van der Waals surface area contributed by atoms with Crippen LogP contribution in [0.5, 0.6) is 34.5 Å². The number of hydrogen-bond donors (Lipinski definition) is 5. The van der Waals surface area contributed by atoms with Crippen molar-refractivity contribution in [3.63, 3.8) is 0 Å². The molecule has 8 rings (SSSR count). The molecule has 3 aliphatic rings. The summed E-state index contributed by atoms with van der Waals surface area (Å²) < 4.78 is 89.1. The number of ketones is 1. The Bertz CT molecular complexity index is 2840. The van der Waals surface area contributed by atoms with Gasteiger partial charge in [0.1, 0.15) is 11.9 Å². The van der Waals surface area contributed by atoms with E-state index in [9.17, 15) is 42.5 Å². The molecule has 0 saturated carbocycles. The van der Waals surface area contributed by atoms with E-state index in [4.69, 9.17) is 34.2 Å². The first kappa shape index (κ1) is 68.6. The van der Waals surface area contributed by atoms with Crippen LogP contribution < -0.4 is 39.5 Å². The fourth-order valence-electron chi connectivity index (χ4n) is 10.7. The SMILES string of the molecule is COc1cc([C@@H](O)[C@@H](CN2CCCC2)NC(=O)C(=O)c2ccc(-c3ccc(F)cc3)cc2)cc(F)c1OC(C)C.COc1cc([C@@H](O)[C@H](C)CN2CCCC2)cc(F)c1OC(C)C.COc1cc([C@@H](O)[C@H](N)CN2CCCC2)cc(F)c1OC(C)C. The molecule has 3 saturated heterocycles. The number of aliphatic hydroxyl groups excluding tert-OH is 3. The van der Waals surface area contributed by atoms with Crippen LogP contribution in [0, 0.1) is 29.2 Å². The van der Waals surface area contributed by atoms with E-state index in [0.717, 1.165) is 88.7 Å². The highest BCUT2D eigenvalue weighted by Crippen LogP contribution is 2.39. The van der Waals surface area contributed by atoms with Crippen LogP contribution in [-0.2, 0) is 4.79 Å². The minimum atomic E-state index is -1.32. The molecule has 6 N–H and O–H groups in total. The highest BCUT2D eigenvalue weighted by Gasteiger charge is 2.32. The Labute approximate surface area is 504 Å². The van der Waals surface area contributed by atoms with Crippen LogP contribution in [0.15, 0.2) is 84.9 Å². The van der Waals surface area contributed by atoms with Gasteiger partial charge in [-0.3, -0.25) is 9.59 Å². The summed E-state index contributed by atoms with van der Waals surface area (Å²) in [6, 6.07) is 19.5. The van der Waals surface area contributed by atoms with Gasteiger partial charge in [0.2, 0.25) is 5.78 Å². The van der Waals surface area contributed by atoms with Gasteiger partial charge in [0.25, 0.3) is 5.91 Å². The maximum atomic E-state index is 15.0. The summed E-state index contributed by atoms with van der Waals surface area (Å²) in [5.74, 6) is -2.93. The number of benzene rings is 5. The molecular weight excluding hydrogens is 1110 g/mol. The van der Waals surface area contributed by atoms with E-state index >= 15 is 0 Å². The molecule has 1 amide bonds. The summed E-state index contributed by atoms with van der Waals surface area (Å²) >= 11 is 0. The molecule has 3 heterocycles. The van der Waals surface area contributed by atoms with Crippen LogP contribution in [-0.4, -0.2) is 152 Å². The predicted octanol–water partition coefficient (Wildman–Crippen LogP) is 10.4. The van der Waals surface area contributed by atoms with E-state index in [2.05, 4.69) is 20.0 Å². The summed E-state index contributed by atoms with van der Waals surface area (Å²) in [5, 5.41) is 35.0. The molecule has 0 aromatic heterocycles.